The third-order valence-corrected chi connectivity index (χ3v) is 3.10. The molecular weight excluding hydrogens is 220 g/mol. The zero-order chi connectivity index (χ0) is 12.4. The van der Waals surface area contributed by atoms with E-state index in [2.05, 4.69) is 5.10 Å². The molecule has 2 heterocycles. The summed E-state index contributed by atoms with van der Waals surface area (Å²) in [5.74, 6) is -0.747. The number of hydrogen-bond acceptors (Lipinski definition) is 3. The summed E-state index contributed by atoms with van der Waals surface area (Å²) < 4.78 is 1.77. The van der Waals surface area contributed by atoms with Gasteiger partial charge in [-0.3, -0.25) is 14.3 Å². The molecule has 0 aliphatic carbocycles. The number of amides is 2. The van der Waals surface area contributed by atoms with Gasteiger partial charge in [0, 0.05) is 31.4 Å². The summed E-state index contributed by atoms with van der Waals surface area (Å²) in [5.41, 5.74) is 5.22. The van der Waals surface area contributed by atoms with Crippen molar-refractivity contribution in [3.05, 3.63) is 18.5 Å². The normalized spacial score (nSPS) is 21.8. The average molecular weight is 236 g/mol. The number of carbonyl (C=O) groups is 2. The first-order valence-corrected chi connectivity index (χ1v) is 5.64. The van der Waals surface area contributed by atoms with Crippen LogP contribution >= 0.6 is 0 Å². The van der Waals surface area contributed by atoms with E-state index in [4.69, 9.17) is 5.73 Å². The Kier molecular flexibility index (Phi) is 3.12. The van der Waals surface area contributed by atoms with Gasteiger partial charge in [0.25, 0.3) is 0 Å². The summed E-state index contributed by atoms with van der Waals surface area (Å²) in [4.78, 5) is 24.5. The first-order valence-electron chi connectivity index (χ1n) is 5.64. The molecule has 2 rings (SSSR count). The first-order chi connectivity index (χ1) is 8.08. The molecule has 92 valence electrons. The van der Waals surface area contributed by atoms with Gasteiger partial charge in [-0.25, -0.2) is 0 Å². The smallest absolute Gasteiger partial charge is 0.223 e. The Bertz CT molecular complexity index is 415. The highest BCUT2D eigenvalue weighted by atomic mass is 16.2. The van der Waals surface area contributed by atoms with Gasteiger partial charge < -0.3 is 10.6 Å². The molecule has 1 aromatic heterocycles. The minimum Gasteiger partial charge on any atom is -0.369 e. The number of nitrogens with two attached hydrogens (primary N) is 1. The zero-order valence-corrected chi connectivity index (χ0v) is 9.74. The molecule has 2 unspecified atom stereocenters. The highest BCUT2D eigenvalue weighted by Gasteiger charge is 2.35. The number of aromatic nitrogens is 2. The van der Waals surface area contributed by atoms with E-state index in [0.717, 1.165) is 0 Å². The van der Waals surface area contributed by atoms with E-state index in [9.17, 15) is 9.59 Å². The second-order valence-corrected chi connectivity index (χ2v) is 4.43. The van der Waals surface area contributed by atoms with E-state index in [1.165, 1.54) is 0 Å². The lowest BCUT2D eigenvalue weighted by Crippen LogP contribution is -2.38. The SMILES string of the molecule is CC(Cn1cccn1)N1CC(C(N)=O)CC1=O. The summed E-state index contributed by atoms with van der Waals surface area (Å²) in [7, 11) is 0. The molecule has 1 aromatic rings. The lowest BCUT2D eigenvalue weighted by molar-refractivity contribution is -0.130. The van der Waals surface area contributed by atoms with E-state index in [1.54, 1.807) is 15.8 Å². The predicted molar refractivity (Wildman–Crippen MR) is 60.7 cm³/mol. The van der Waals surface area contributed by atoms with Crippen molar-refractivity contribution in [1.29, 1.82) is 0 Å². The fourth-order valence-corrected chi connectivity index (χ4v) is 2.13. The van der Waals surface area contributed by atoms with E-state index in [-0.39, 0.29) is 24.3 Å². The Morgan fingerprint density at radius 1 is 1.71 bits per heavy atom. The summed E-state index contributed by atoms with van der Waals surface area (Å²) in [6.07, 6.45) is 3.78. The minimum absolute atomic E-state index is 0.00606. The van der Waals surface area contributed by atoms with Crippen LogP contribution in [0.5, 0.6) is 0 Å². The molecule has 2 N–H and O–H groups in total. The molecule has 0 aromatic carbocycles. The number of primary amides is 1. The minimum atomic E-state index is -0.396. The molecule has 1 aliphatic rings. The number of likely N-dealkylation sites (tertiary alicyclic amines) is 1. The van der Waals surface area contributed by atoms with Crippen LogP contribution in [0.4, 0.5) is 0 Å². The predicted octanol–water partition coefficient (Wildman–Crippen LogP) is -0.395. The van der Waals surface area contributed by atoms with Crippen LogP contribution in [-0.2, 0) is 16.1 Å². The molecule has 2 amide bonds. The van der Waals surface area contributed by atoms with E-state index in [1.807, 2.05) is 19.2 Å². The highest BCUT2D eigenvalue weighted by molar-refractivity contribution is 5.88. The van der Waals surface area contributed by atoms with Crippen LogP contribution in [0.2, 0.25) is 0 Å². The molecule has 0 saturated carbocycles. The standard InChI is InChI=1S/C11H16N4O2/c1-8(6-14-4-2-3-13-14)15-7-9(11(12)17)5-10(15)16/h2-4,8-9H,5-7H2,1H3,(H2,12,17). The monoisotopic (exact) mass is 236 g/mol. The summed E-state index contributed by atoms with van der Waals surface area (Å²) in [6.45, 7) is 3.00. The fraction of sp³-hybridized carbons (Fsp3) is 0.545. The van der Waals surface area contributed by atoms with Gasteiger partial charge in [-0.15, -0.1) is 0 Å². The molecule has 2 atom stereocenters. The van der Waals surface area contributed by atoms with E-state index in [0.29, 0.717) is 13.1 Å². The van der Waals surface area contributed by atoms with Crippen molar-refractivity contribution in [2.45, 2.75) is 25.9 Å². The number of nitrogens with zero attached hydrogens (tertiary/aromatic N) is 3. The largest absolute Gasteiger partial charge is 0.369 e. The molecule has 1 aliphatic heterocycles. The van der Waals surface area contributed by atoms with E-state index >= 15 is 0 Å². The number of rotatable bonds is 4. The second-order valence-electron chi connectivity index (χ2n) is 4.43. The molecule has 1 fully saturated rings. The Morgan fingerprint density at radius 3 is 3.00 bits per heavy atom. The van der Waals surface area contributed by atoms with Crippen molar-refractivity contribution in [2.24, 2.45) is 11.7 Å². The fourth-order valence-electron chi connectivity index (χ4n) is 2.13. The van der Waals surface area contributed by atoms with Crippen LogP contribution in [0.15, 0.2) is 18.5 Å². The molecule has 0 spiro atoms. The molecule has 6 heteroatoms. The van der Waals surface area contributed by atoms with Crippen molar-refractivity contribution >= 4 is 11.8 Å². The van der Waals surface area contributed by atoms with Crippen molar-refractivity contribution in [1.82, 2.24) is 14.7 Å². The lowest BCUT2D eigenvalue weighted by atomic mass is 10.1. The van der Waals surface area contributed by atoms with E-state index < -0.39 is 5.91 Å². The molecule has 0 bridgehead atoms. The summed E-state index contributed by atoms with van der Waals surface area (Å²) in [5, 5.41) is 4.09. The van der Waals surface area contributed by atoms with Gasteiger partial charge >= 0.3 is 0 Å². The highest BCUT2D eigenvalue weighted by Crippen LogP contribution is 2.20. The van der Waals surface area contributed by atoms with Crippen molar-refractivity contribution in [3.8, 4) is 0 Å². The maximum Gasteiger partial charge on any atom is 0.223 e. The average Bonchev–Trinajstić information content (AvgIpc) is 2.86. The molecule has 1 saturated heterocycles. The van der Waals surface area contributed by atoms with Gasteiger partial charge in [-0.05, 0) is 13.0 Å². The number of carbonyl (C=O) groups excluding carboxylic acids is 2. The Morgan fingerprint density at radius 2 is 2.47 bits per heavy atom. The van der Waals surface area contributed by atoms with Crippen LogP contribution in [0.25, 0.3) is 0 Å². The molecule has 0 radical (unpaired) electrons. The summed E-state index contributed by atoms with van der Waals surface area (Å²) >= 11 is 0. The quantitative estimate of drug-likeness (QED) is 0.772. The molecule has 17 heavy (non-hydrogen) atoms. The molecule has 6 nitrogen and oxygen atoms in total. The number of hydrogen-bond donors (Lipinski definition) is 1. The maximum atomic E-state index is 11.7. The molecular formula is C11H16N4O2. The van der Waals surface area contributed by atoms with Crippen LogP contribution in [0.3, 0.4) is 0 Å². The Labute approximate surface area is 99.4 Å². The van der Waals surface area contributed by atoms with Crippen LogP contribution in [0.1, 0.15) is 13.3 Å². The van der Waals surface area contributed by atoms with Crippen molar-refractivity contribution < 1.29 is 9.59 Å². The van der Waals surface area contributed by atoms with Gasteiger partial charge in [-0.2, -0.15) is 5.10 Å². The third-order valence-electron chi connectivity index (χ3n) is 3.10. The van der Waals surface area contributed by atoms with Crippen molar-refractivity contribution in [2.75, 3.05) is 6.54 Å². The van der Waals surface area contributed by atoms with Crippen LogP contribution in [0, 0.1) is 5.92 Å². The van der Waals surface area contributed by atoms with Gasteiger partial charge in [-0.1, -0.05) is 0 Å². The van der Waals surface area contributed by atoms with Crippen LogP contribution < -0.4 is 5.73 Å². The third kappa shape index (κ3) is 2.46. The van der Waals surface area contributed by atoms with Gasteiger partial charge in [0.2, 0.25) is 11.8 Å². The van der Waals surface area contributed by atoms with Crippen LogP contribution in [-0.4, -0.2) is 39.1 Å². The zero-order valence-electron chi connectivity index (χ0n) is 9.74. The first kappa shape index (κ1) is 11.6. The summed E-state index contributed by atoms with van der Waals surface area (Å²) in [6, 6.07) is 1.86. The Balaban J connectivity index is 1.98. The van der Waals surface area contributed by atoms with Gasteiger partial charge in [0.15, 0.2) is 0 Å². The topological polar surface area (TPSA) is 81.2 Å². The lowest BCUT2D eigenvalue weighted by Gasteiger charge is -2.24. The maximum absolute atomic E-state index is 11.7. The Hall–Kier alpha value is -1.85. The van der Waals surface area contributed by atoms with Gasteiger partial charge in [0.05, 0.1) is 12.5 Å². The van der Waals surface area contributed by atoms with Gasteiger partial charge in [0.1, 0.15) is 0 Å². The van der Waals surface area contributed by atoms with Crippen molar-refractivity contribution in [3.63, 3.8) is 0 Å². The second kappa shape index (κ2) is 4.57.